The average Bonchev–Trinajstić information content (AvgIpc) is 2.85. The molecule has 18 heavy (non-hydrogen) atoms. The van der Waals surface area contributed by atoms with Crippen LogP contribution in [0.4, 0.5) is 0 Å². The third kappa shape index (κ3) is 3.29. The number of carbonyl (C=O) groups excluding carboxylic acids is 1. The van der Waals surface area contributed by atoms with Crippen molar-refractivity contribution in [1.29, 1.82) is 0 Å². The molecule has 0 fully saturated rings. The second kappa shape index (κ2) is 6.50. The van der Waals surface area contributed by atoms with Gasteiger partial charge in [0.05, 0.1) is 15.7 Å². The number of nitrogens with one attached hydrogen (secondary N) is 1. The Bertz CT molecular complexity index is 521. The van der Waals surface area contributed by atoms with E-state index in [9.17, 15) is 4.79 Å². The molecule has 2 rings (SSSR count). The molecule has 1 aromatic heterocycles. The van der Waals surface area contributed by atoms with Crippen LogP contribution in [0.5, 0.6) is 0 Å². The molecule has 0 aliphatic heterocycles. The molecule has 1 amide bonds. The summed E-state index contributed by atoms with van der Waals surface area (Å²) in [7, 11) is 0. The molecule has 2 aromatic rings. The molecule has 0 bridgehead atoms. The van der Waals surface area contributed by atoms with E-state index in [1.807, 2.05) is 18.2 Å². The van der Waals surface area contributed by atoms with Gasteiger partial charge in [-0.3, -0.25) is 4.79 Å². The number of thiazole rings is 1. The molecule has 0 unspecified atom stereocenters. The predicted octanol–water partition coefficient (Wildman–Crippen LogP) is 3.61. The summed E-state index contributed by atoms with van der Waals surface area (Å²) in [6, 6.07) is 5.65. The van der Waals surface area contributed by atoms with Gasteiger partial charge in [-0.15, -0.1) is 11.3 Å². The van der Waals surface area contributed by atoms with E-state index in [1.165, 1.54) is 19.3 Å². The van der Waals surface area contributed by atoms with E-state index in [-0.39, 0.29) is 5.91 Å². The summed E-state index contributed by atoms with van der Waals surface area (Å²) >= 11 is 1.56. The Kier molecular flexibility index (Phi) is 4.70. The highest BCUT2D eigenvalue weighted by molar-refractivity contribution is 7.16. The van der Waals surface area contributed by atoms with Crippen molar-refractivity contribution in [3.05, 3.63) is 29.3 Å². The van der Waals surface area contributed by atoms with E-state index >= 15 is 0 Å². The lowest BCUT2D eigenvalue weighted by Crippen LogP contribution is -2.24. The van der Waals surface area contributed by atoms with Crippen molar-refractivity contribution >= 4 is 27.5 Å². The summed E-state index contributed by atoms with van der Waals surface area (Å²) in [6.45, 7) is 2.95. The molecular formula is C14H18N2OS. The number of nitrogens with zero attached hydrogens (tertiary/aromatic N) is 1. The summed E-state index contributed by atoms with van der Waals surface area (Å²) in [5.74, 6) is 0.0156. The number of benzene rings is 1. The molecule has 1 heterocycles. The van der Waals surface area contributed by atoms with Crippen LogP contribution in [-0.4, -0.2) is 17.4 Å². The van der Waals surface area contributed by atoms with Crippen LogP contribution in [0, 0.1) is 0 Å². The van der Waals surface area contributed by atoms with Crippen molar-refractivity contribution in [1.82, 2.24) is 10.3 Å². The molecule has 0 aliphatic carbocycles. The second-order valence-electron chi connectivity index (χ2n) is 4.35. The lowest BCUT2D eigenvalue weighted by Gasteiger charge is -2.04. The van der Waals surface area contributed by atoms with Crippen LogP contribution in [-0.2, 0) is 0 Å². The Morgan fingerprint density at radius 1 is 1.33 bits per heavy atom. The topological polar surface area (TPSA) is 42.0 Å². The third-order valence-electron chi connectivity index (χ3n) is 2.91. The van der Waals surface area contributed by atoms with E-state index in [0.717, 1.165) is 28.7 Å². The van der Waals surface area contributed by atoms with Gasteiger partial charge < -0.3 is 5.32 Å². The first kappa shape index (κ1) is 13.0. The Hall–Kier alpha value is -1.42. The molecule has 4 heteroatoms. The van der Waals surface area contributed by atoms with E-state index < -0.39 is 0 Å². The molecule has 1 aromatic carbocycles. The van der Waals surface area contributed by atoms with Crippen molar-refractivity contribution in [3.8, 4) is 0 Å². The molecule has 0 spiro atoms. The van der Waals surface area contributed by atoms with Crippen molar-refractivity contribution in [3.63, 3.8) is 0 Å². The average molecular weight is 262 g/mol. The molecule has 0 saturated carbocycles. The number of amides is 1. The van der Waals surface area contributed by atoms with Gasteiger partial charge in [-0.1, -0.05) is 26.2 Å². The van der Waals surface area contributed by atoms with Crippen molar-refractivity contribution in [2.75, 3.05) is 6.54 Å². The van der Waals surface area contributed by atoms with Gasteiger partial charge in [0.15, 0.2) is 0 Å². The molecule has 0 aliphatic rings. The van der Waals surface area contributed by atoms with Gasteiger partial charge in [-0.05, 0) is 24.6 Å². The second-order valence-corrected chi connectivity index (χ2v) is 5.24. The van der Waals surface area contributed by atoms with Gasteiger partial charge in [-0.2, -0.15) is 0 Å². The number of fused-ring (bicyclic) bond motifs is 1. The first-order valence-electron chi connectivity index (χ1n) is 6.42. The molecule has 1 N–H and O–H groups in total. The maximum Gasteiger partial charge on any atom is 0.251 e. The number of unbranched alkanes of at least 4 members (excludes halogenated alkanes) is 3. The number of carbonyl (C=O) groups is 1. The van der Waals surface area contributed by atoms with E-state index in [2.05, 4.69) is 17.2 Å². The monoisotopic (exact) mass is 262 g/mol. The highest BCUT2D eigenvalue weighted by Crippen LogP contribution is 2.18. The van der Waals surface area contributed by atoms with Crippen LogP contribution in [0.3, 0.4) is 0 Å². The van der Waals surface area contributed by atoms with Crippen LogP contribution in [0.2, 0.25) is 0 Å². The normalized spacial score (nSPS) is 10.7. The summed E-state index contributed by atoms with van der Waals surface area (Å²) in [6.07, 6.45) is 4.70. The van der Waals surface area contributed by atoms with Crippen LogP contribution < -0.4 is 5.32 Å². The van der Waals surface area contributed by atoms with Gasteiger partial charge in [-0.25, -0.2) is 4.98 Å². The zero-order valence-corrected chi connectivity index (χ0v) is 11.4. The van der Waals surface area contributed by atoms with Crippen LogP contribution in [0.1, 0.15) is 43.0 Å². The maximum absolute atomic E-state index is 11.9. The van der Waals surface area contributed by atoms with Gasteiger partial charge in [0.2, 0.25) is 0 Å². The highest BCUT2D eigenvalue weighted by atomic mass is 32.1. The minimum atomic E-state index is 0.0156. The summed E-state index contributed by atoms with van der Waals surface area (Å²) < 4.78 is 1.06. The SMILES string of the molecule is CCCCCCNC(=O)c1ccc2ncsc2c1. The van der Waals surface area contributed by atoms with Crippen molar-refractivity contribution in [2.45, 2.75) is 32.6 Å². The molecule has 3 nitrogen and oxygen atoms in total. The van der Waals surface area contributed by atoms with E-state index in [0.29, 0.717) is 0 Å². The molecule has 96 valence electrons. The van der Waals surface area contributed by atoms with Gasteiger partial charge in [0.25, 0.3) is 5.91 Å². The third-order valence-corrected chi connectivity index (χ3v) is 3.70. The molecule has 0 saturated heterocycles. The Morgan fingerprint density at radius 2 is 2.22 bits per heavy atom. The zero-order chi connectivity index (χ0) is 12.8. The van der Waals surface area contributed by atoms with Crippen molar-refractivity contribution in [2.24, 2.45) is 0 Å². The van der Waals surface area contributed by atoms with E-state index in [4.69, 9.17) is 0 Å². The number of aromatic nitrogens is 1. The quantitative estimate of drug-likeness (QED) is 0.808. The van der Waals surface area contributed by atoms with Crippen LogP contribution >= 0.6 is 11.3 Å². The lowest BCUT2D eigenvalue weighted by molar-refractivity contribution is 0.0953. The largest absolute Gasteiger partial charge is 0.352 e. The Labute approximate surface area is 111 Å². The van der Waals surface area contributed by atoms with Crippen molar-refractivity contribution < 1.29 is 4.79 Å². The first-order valence-corrected chi connectivity index (χ1v) is 7.30. The zero-order valence-electron chi connectivity index (χ0n) is 10.6. The highest BCUT2D eigenvalue weighted by Gasteiger charge is 2.06. The van der Waals surface area contributed by atoms with Gasteiger partial charge >= 0.3 is 0 Å². The number of hydrogen-bond acceptors (Lipinski definition) is 3. The predicted molar refractivity (Wildman–Crippen MR) is 76.1 cm³/mol. The summed E-state index contributed by atoms with van der Waals surface area (Å²) in [4.78, 5) is 16.1. The Morgan fingerprint density at radius 3 is 3.06 bits per heavy atom. The number of hydrogen-bond donors (Lipinski definition) is 1. The minimum absolute atomic E-state index is 0.0156. The van der Waals surface area contributed by atoms with Gasteiger partial charge in [0.1, 0.15) is 0 Å². The fourth-order valence-corrected chi connectivity index (χ4v) is 2.57. The molecular weight excluding hydrogens is 244 g/mol. The summed E-state index contributed by atoms with van der Waals surface area (Å²) in [5.41, 5.74) is 3.48. The smallest absolute Gasteiger partial charge is 0.251 e. The van der Waals surface area contributed by atoms with E-state index in [1.54, 1.807) is 16.8 Å². The number of rotatable bonds is 6. The standard InChI is InChI=1S/C14H18N2OS/c1-2-3-4-5-8-15-14(17)11-6-7-12-13(9-11)18-10-16-12/h6-7,9-10H,2-5,8H2,1H3,(H,15,17). The van der Waals surface area contributed by atoms with Crippen LogP contribution in [0.25, 0.3) is 10.2 Å². The maximum atomic E-state index is 11.9. The molecule has 0 radical (unpaired) electrons. The van der Waals surface area contributed by atoms with Crippen LogP contribution in [0.15, 0.2) is 23.7 Å². The van der Waals surface area contributed by atoms with Gasteiger partial charge in [0, 0.05) is 12.1 Å². The fraction of sp³-hybridized carbons (Fsp3) is 0.429. The summed E-state index contributed by atoms with van der Waals surface area (Å²) in [5, 5.41) is 2.96. The minimum Gasteiger partial charge on any atom is -0.352 e. The Balaban J connectivity index is 1.88. The lowest BCUT2D eigenvalue weighted by atomic mass is 10.2. The first-order chi connectivity index (χ1) is 8.81. The molecule has 0 atom stereocenters. The fourth-order valence-electron chi connectivity index (χ4n) is 1.85.